The van der Waals surface area contributed by atoms with Crippen molar-refractivity contribution in [1.82, 2.24) is 9.97 Å². The van der Waals surface area contributed by atoms with Gasteiger partial charge in [0.25, 0.3) is 0 Å². The molecule has 0 saturated heterocycles. The molecule has 0 atom stereocenters. The molecule has 0 bridgehead atoms. The van der Waals surface area contributed by atoms with Crippen molar-refractivity contribution in [2.24, 2.45) is 0 Å². The number of anilines is 1. The SMILES string of the molecule is C#CC(C)(C)Oc1nc(NC)ncc1[N+](=O)[O-]. The van der Waals surface area contributed by atoms with E-state index >= 15 is 0 Å². The fourth-order valence-corrected chi connectivity index (χ4v) is 0.952. The lowest BCUT2D eigenvalue weighted by Crippen LogP contribution is -2.26. The van der Waals surface area contributed by atoms with Crippen LogP contribution in [0.3, 0.4) is 0 Å². The van der Waals surface area contributed by atoms with E-state index in [1.165, 1.54) is 0 Å². The van der Waals surface area contributed by atoms with Crippen LogP contribution in [0.25, 0.3) is 0 Å². The number of nitrogens with one attached hydrogen (secondary N) is 1. The number of rotatable bonds is 4. The van der Waals surface area contributed by atoms with Gasteiger partial charge in [0.05, 0.1) is 4.92 Å². The van der Waals surface area contributed by atoms with Crippen LogP contribution in [0.5, 0.6) is 5.88 Å². The highest BCUT2D eigenvalue weighted by Gasteiger charge is 2.25. The van der Waals surface area contributed by atoms with E-state index in [0.717, 1.165) is 6.20 Å². The minimum atomic E-state index is -0.982. The Labute approximate surface area is 98.4 Å². The summed E-state index contributed by atoms with van der Waals surface area (Å²) in [6.07, 6.45) is 6.32. The Bertz CT molecular complexity index is 479. The summed E-state index contributed by atoms with van der Waals surface area (Å²) in [5, 5.41) is 13.4. The van der Waals surface area contributed by atoms with Gasteiger partial charge in [0.15, 0.2) is 5.60 Å². The van der Waals surface area contributed by atoms with E-state index in [0.29, 0.717) is 0 Å². The van der Waals surface area contributed by atoms with E-state index in [9.17, 15) is 10.1 Å². The Morgan fingerprint density at radius 2 is 2.29 bits per heavy atom. The van der Waals surface area contributed by atoms with E-state index < -0.39 is 10.5 Å². The predicted octanol–water partition coefficient (Wildman–Crippen LogP) is 1.22. The number of nitrogens with zero attached hydrogens (tertiary/aromatic N) is 3. The van der Waals surface area contributed by atoms with E-state index in [1.54, 1.807) is 20.9 Å². The van der Waals surface area contributed by atoms with Crippen LogP contribution in [0.1, 0.15) is 13.8 Å². The van der Waals surface area contributed by atoms with Crippen LogP contribution < -0.4 is 10.1 Å². The molecular formula is C10H12N4O3. The molecule has 0 radical (unpaired) electrons. The summed E-state index contributed by atoms with van der Waals surface area (Å²) in [6.45, 7) is 3.22. The van der Waals surface area contributed by atoms with Gasteiger partial charge in [-0.2, -0.15) is 4.98 Å². The van der Waals surface area contributed by atoms with Crippen molar-refractivity contribution in [2.45, 2.75) is 19.4 Å². The van der Waals surface area contributed by atoms with E-state index in [1.807, 2.05) is 0 Å². The van der Waals surface area contributed by atoms with E-state index in [2.05, 4.69) is 21.2 Å². The maximum Gasteiger partial charge on any atom is 0.349 e. The monoisotopic (exact) mass is 236 g/mol. The molecule has 0 aromatic carbocycles. The fourth-order valence-electron chi connectivity index (χ4n) is 0.952. The first kappa shape index (κ1) is 12.7. The molecule has 0 aliphatic carbocycles. The first-order valence-corrected chi connectivity index (χ1v) is 4.75. The van der Waals surface area contributed by atoms with Crippen LogP contribution in [-0.2, 0) is 0 Å². The molecule has 0 aliphatic heterocycles. The van der Waals surface area contributed by atoms with Gasteiger partial charge >= 0.3 is 11.6 Å². The highest BCUT2D eigenvalue weighted by molar-refractivity contribution is 5.43. The van der Waals surface area contributed by atoms with Crippen LogP contribution in [0.4, 0.5) is 11.6 Å². The first-order chi connectivity index (χ1) is 7.89. The van der Waals surface area contributed by atoms with E-state index in [-0.39, 0.29) is 17.5 Å². The standard InChI is InChI=1S/C10H12N4O3/c1-5-10(2,3)17-8-7(14(15)16)6-12-9(11-4)13-8/h1,6H,2-4H3,(H,11,12,13). The maximum absolute atomic E-state index is 10.8. The number of nitro groups is 1. The van der Waals surface area contributed by atoms with Crippen molar-refractivity contribution in [3.05, 3.63) is 16.3 Å². The normalized spacial score (nSPS) is 10.5. The van der Waals surface area contributed by atoms with Gasteiger partial charge < -0.3 is 10.1 Å². The molecular weight excluding hydrogens is 224 g/mol. The second-order valence-electron chi connectivity index (χ2n) is 3.65. The minimum Gasteiger partial charge on any atom is -0.453 e. The zero-order valence-electron chi connectivity index (χ0n) is 9.72. The molecule has 0 spiro atoms. The largest absolute Gasteiger partial charge is 0.453 e. The quantitative estimate of drug-likeness (QED) is 0.480. The van der Waals surface area contributed by atoms with Crippen molar-refractivity contribution in [1.29, 1.82) is 0 Å². The Kier molecular flexibility index (Phi) is 3.48. The van der Waals surface area contributed by atoms with Crippen LogP contribution in [0, 0.1) is 22.5 Å². The summed E-state index contributed by atoms with van der Waals surface area (Å²) in [7, 11) is 1.59. The number of hydrogen-bond donors (Lipinski definition) is 1. The molecule has 1 N–H and O–H groups in total. The molecule has 0 fully saturated rings. The Balaban J connectivity index is 3.19. The Morgan fingerprint density at radius 1 is 1.65 bits per heavy atom. The van der Waals surface area contributed by atoms with E-state index in [4.69, 9.17) is 11.2 Å². The molecule has 1 rings (SSSR count). The van der Waals surface area contributed by atoms with Crippen molar-refractivity contribution in [2.75, 3.05) is 12.4 Å². The van der Waals surface area contributed by atoms with Gasteiger partial charge in [0.1, 0.15) is 6.20 Å². The lowest BCUT2D eigenvalue weighted by molar-refractivity contribution is -0.386. The van der Waals surface area contributed by atoms with Crippen LogP contribution >= 0.6 is 0 Å². The number of hydrogen-bond acceptors (Lipinski definition) is 6. The lowest BCUT2D eigenvalue weighted by Gasteiger charge is -2.18. The third-order valence-corrected chi connectivity index (χ3v) is 1.86. The van der Waals surface area contributed by atoms with Gasteiger partial charge in [-0.05, 0) is 13.8 Å². The summed E-state index contributed by atoms with van der Waals surface area (Å²) in [5.41, 5.74) is -1.31. The molecule has 17 heavy (non-hydrogen) atoms. The highest BCUT2D eigenvalue weighted by atomic mass is 16.6. The molecule has 0 saturated carbocycles. The summed E-state index contributed by atoms with van der Waals surface area (Å²) in [6, 6.07) is 0. The minimum absolute atomic E-state index is 0.155. The Hall–Kier alpha value is -2.36. The number of ether oxygens (including phenoxy) is 1. The van der Waals surface area contributed by atoms with Gasteiger partial charge in [-0.1, -0.05) is 5.92 Å². The summed E-state index contributed by atoms with van der Waals surface area (Å²) in [5.74, 6) is 2.43. The summed E-state index contributed by atoms with van der Waals surface area (Å²) < 4.78 is 5.32. The summed E-state index contributed by atoms with van der Waals surface area (Å²) in [4.78, 5) is 17.7. The second kappa shape index (κ2) is 4.65. The van der Waals surface area contributed by atoms with Gasteiger partial charge in [-0.15, -0.1) is 6.42 Å². The average Bonchev–Trinajstić information content (AvgIpc) is 2.28. The maximum atomic E-state index is 10.8. The van der Waals surface area contributed by atoms with Crippen LogP contribution in [0.2, 0.25) is 0 Å². The lowest BCUT2D eigenvalue weighted by atomic mass is 10.1. The molecule has 0 aliphatic rings. The van der Waals surface area contributed by atoms with Crippen molar-refractivity contribution in [3.63, 3.8) is 0 Å². The Morgan fingerprint density at radius 3 is 2.76 bits per heavy atom. The molecule has 1 heterocycles. The van der Waals surface area contributed by atoms with Gasteiger partial charge in [0, 0.05) is 7.05 Å². The zero-order valence-corrected chi connectivity index (χ0v) is 9.72. The molecule has 0 amide bonds. The number of aromatic nitrogens is 2. The molecule has 1 aromatic heterocycles. The predicted molar refractivity (Wildman–Crippen MR) is 61.8 cm³/mol. The second-order valence-corrected chi connectivity index (χ2v) is 3.65. The van der Waals surface area contributed by atoms with Crippen molar-refractivity contribution < 1.29 is 9.66 Å². The smallest absolute Gasteiger partial charge is 0.349 e. The highest BCUT2D eigenvalue weighted by Crippen LogP contribution is 2.27. The van der Waals surface area contributed by atoms with Crippen molar-refractivity contribution >= 4 is 11.6 Å². The molecule has 7 heteroatoms. The van der Waals surface area contributed by atoms with Gasteiger partial charge in [0.2, 0.25) is 5.95 Å². The molecule has 90 valence electrons. The van der Waals surface area contributed by atoms with Gasteiger partial charge in [-0.25, -0.2) is 4.98 Å². The first-order valence-electron chi connectivity index (χ1n) is 4.75. The fraction of sp³-hybridized carbons (Fsp3) is 0.400. The van der Waals surface area contributed by atoms with Crippen molar-refractivity contribution in [3.8, 4) is 18.2 Å². The summed E-state index contributed by atoms with van der Waals surface area (Å²) >= 11 is 0. The van der Waals surface area contributed by atoms with Gasteiger partial charge in [-0.3, -0.25) is 10.1 Å². The zero-order chi connectivity index (χ0) is 13.1. The van der Waals surface area contributed by atoms with Crippen LogP contribution in [-0.4, -0.2) is 27.5 Å². The molecule has 1 aromatic rings. The number of terminal acetylenes is 1. The average molecular weight is 236 g/mol. The third kappa shape index (κ3) is 3.04. The van der Waals surface area contributed by atoms with Crippen LogP contribution in [0.15, 0.2) is 6.20 Å². The topological polar surface area (TPSA) is 90.2 Å². The third-order valence-electron chi connectivity index (χ3n) is 1.86. The molecule has 7 nitrogen and oxygen atoms in total. The molecule has 0 unspecified atom stereocenters.